The fourth-order valence-electron chi connectivity index (χ4n) is 4.02. The van der Waals surface area contributed by atoms with Crippen molar-refractivity contribution < 1.29 is 18.7 Å². The molecule has 0 atom stereocenters. The van der Waals surface area contributed by atoms with Gasteiger partial charge in [-0.2, -0.15) is 0 Å². The number of nitrogens with one attached hydrogen (secondary N) is 4. The molecule has 5 aromatic rings. The zero-order valence-corrected chi connectivity index (χ0v) is 23.3. The van der Waals surface area contributed by atoms with Gasteiger partial charge in [0, 0.05) is 52.6 Å². The first kappa shape index (κ1) is 27.4. The lowest BCUT2D eigenvalue weighted by molar-refractivity contribution is -0.671. The standard InChI is InChI=1S/C32H27ClN6O2/c1-38-17-13-27(14-18-38)34-23-4-8-25(9-5-23)36-31(40)22-3-12-29(30(33)21-22)32(41)37-26-10-6-24(7-11-26)35-28-15-19-39(2)20-16-28/h3-21H,1-2H3,(H2,36,37,40,41)/p+2. The Kier molecular flexibility index (Phi) is 8.22. The third-order valence-electron chi connectivity index (χ3n) is 6.30. The summed E-state index contributed by atoms with van der Waals surface area (Å²) >= 11 is 6.41. The minimum absolute atomic E-state index is 0.182. The van der Waals surface area contributed by atoms with Gasteiger partial charge in [-0.25, -0.2) is 9.13 Å². The second-order valence-corrected chi connectivity index (χ2v) is 9.92. The van der Waals surface area contributed by atoms with Crippen LogP contribution in [0.25, 0.3) is 0 Å². The van der Waals surface area contributed by atoms with E-state index in [0.717, 1.165) is 22.7 Å². The molecular formula is C32H29ClN6O2+2. The van der Waals surface area contributed by atoms with Crippen LogP contribution in [0.15, 0.2) is 116 Å². The molecule has 8 nitrogen and oxygen atoms in total. The van der Waals surface area contributed by atoms with E-state index in [0.29, 0.717) is 16.9 Å². The zero-order chi connectivity index (χ0) is 28.8. The number of aromatic nitrogens is 2. The van der Waals surface area contributed by atoms with Crippen LogP contribution in [-0.4, -0.2) is 11.8 Å². The number of anilines is 6. The summed E-state index contributed by atoms with van der Waals surface area (Å²) in [5.74, 6) is -0.695. The van der Waals surface area contributed by atoms with Gasteiger partial charge in [0.25, 0.3) is 11.8 Å². The first-order valence-electron chi connectivity index (χ1n) is 12.9. The van der Waals surface area contributed by atoms with Gasteiger partial charge < -0.3 is 21.3 Å². The molecule has 2 aromatic heterocycles. The maximum absolute atomic E-state index is 12.9. The average molecular weight is 565 g/mol. The number of amides is 2. The van der Waals surface area contributed by atoms with Gasteiger partial charge in [-0.15, -0.1) is 0 Å². The summed E-state index contributed by atoms with van der Waals surface area (Å²) in [5, 5.41) is 12.5. The maximum Gasteiger partial charge on any atom is 0.257 e. The van der Waals surface area contributed by atoms with E-state index in [1.807, 2.05) is 109 Å². The van der Waals surface area contributed by atoms with Gasteiger partial charge >= 0.3 is 0 Å². The Morgan fingerprint density at radius 3 is 1.37 bits per heavy atom. The molecule has 0 bridgehead atoms. The molecule has 0 spiro atoms. The van der Waals surface area contributed by atoms with Crippen LogP contribution in [0.1, 0.15) is 20.7 Å². The molecule has 3 aromatic carbocycles. The summed E-state index contributed by atoms with van der Waals surface area (Å²) < 4.78 is 3.91. The van der Waals surface area contributed by atoms with Gasteiger partial charge in [0.1, 0.15) is 14.1 Å². The fourth-order valence-corrected chi connectivity index (χ4v) is 4.28. The summed E-state index contributed by atoms with van der Waals surface area (Å²) in [6.07, 6.45) is 7.83. The lowest BCUT2D eigenvalue weighted by Crippen LogP contribution is -2.25. The lowest BCUT2D eigenvalue weighted by atomic mass is 10.1. The molecule has 5 rings (SSSR count). The molecule has 41 heavy (non-hydrogen) atoms. The SMILES string of the molecule is C[n+]1ccc(Nc2ccc(NC(=O)c3ccc(C(=O)Nc4ccc(Nc5cc[n+](C)cc5)cc4)c(Cl)c3)cc2)cc1. The molecule has 0 saturated carbocycles. The van der Waals surface area contributed by atoms with Crippen LogP contribution in [0.5, 0.6) is 0 Å². The van der Waals surface area contributed by atoms with Crippen LogP contribution in [-0.2, 0) is 14.1 Å². The van der Waals surface area contributed by atoms with E-state index in [1.165, 1.54) is 6.07 Å². The van der Waals surface area contributed by atoms with E-state index in [-0.39, 0.29) is 22.4 Å². The summed E-state index contributed by atoms with van der Waals surface area (Å²) in [6.45, 7) is 0. The summed E-state index contributed by atoms with van der Waals surface area (Å²) in [5.41, 5.74) is 5.58. The van der Waals surface area contributed by atoms with Crippen LogP contribution in [0.3, 0.4) is 0 Å². The Bertz CT molecular complexity index is 1670. The van der Waals surface area contributed by atoms with E-state index in [4.69, 9.17) is 11.6 Å². The molecule has 0 radical (unpaired) electrons. The highest BCUT2D eigenvalue weighted by atomic mass is 35.5. The Hall–Kier alpha value is -5.21. The molecule has 0 saturated heterocycles. The molecule has 9 heteroatoms. The highest BCUT2D eigenvalue weighted by molar-refractivity contribution is 6.35. The number of carbonyl (C=O) groups is 2. The molecule has 2 amide bonds. The quantitative estimate of drug-likeness (QED) is 0.175. The van der Waals surface area contributed by atoms with E-state index >= 15 is 0 Å². The highest BCUT2D eigenvalue weighted by Crippen LogP contribution is 2.23. The molecule has 0 aliphatic heterocycles. The molecule has 0 aliphatic rings. The van der Waals surface area contributed by atoms with Crippen LogP contribution in [0, 0.1) is 0 Å². The third kappa shape index (κ3) is 7.26. The Labute approximate surface area is 243 Å². The number of aryl methyl sites for hydroxylation is 2. The smallest absolute Gasteiger partial charge is 0.257 e. The van der Waals surface area contributed by atoms with Crippen molar-refractivity contribution in [2.45, 2.75) is 0 Å². The number of benzene rings is 3. The van der Waals surface area contributed by atoms with Crippen molar-refractivity contribution in [1.29, 1.82) is 0 Å². The number of carbonyl (C=O) groups excluding carboxylic acids is 2. The van der Waals surface area contributed by atoms with Gasteiger partial charge in [0.2, 0.25) is 0 Å². The number of nitrogens with zero attached hydrogens (tertiary/aromatic N) is 2. The molecule has 0 fully saturated rings. The van der Waals surface area contributed by atoms with Gasteiger partial charge in [-0.3, -0.25) is 9.59 Å². The van der Waals surface area contributed by atoms with Gasteiger partial charge in [0.05, 0.1) is 22.0 Å². The Balaban J connectivity index is 1.17. The van der Waals surface area contributed by atoms with E-state index in [9.17, 15) is 9.59 Å². The number of hydrogen-bond donors (Lipinski definition) is 4. The van der Waals surface area contributed by atoms with E-state index < -0.39 is 0 Å². The van der Waals surface area contributed by atoms with Gasteiger partial charge in [0.15, 0.2) is 24.8 Å². The molecule has 2 heterocycles. The maximum atomic E-state index is 12.9. The zero-order valence-electron chi connectivity index (χ0n) is 22.6. The lowest BCUT2D eigenvalue weighted by Gasteiger charge is -2.11. The normalized spacial score (nSPS) is 10.5. The number of hydrogen-bond acceptors (Lipinski definition) is 4. The van der Waals surface area contributed by atoms with Crippen molar-refractivity contribution in [3.8, 4) is 0 Å². The van der Waals surface area contributed by atoms with Crippen LogP contribution < -0.4 is 30.4 Å². The van der Waals surface area contributed by atoms with Gasteiger partial charge in [-0.1, -0.05) is 11.6 Å². The minimum Gasteiger partial charge on any atom is -0.355 e. The third-order valence-corrected chi connectivity index (χ3v) is 6.61. The topological polar surface area (TPSA) is 90.0 Å². The number of halogens is 1. The molecule has 0 unspecified atom stereocenters. The molecule has 204 valence electrons. The van der Waals surface area contributed by atoms with Crippen molar-refractivity contribution in [2.24, 2.45) is 14.1 Å². The largest absolute Gasteiger partial charge is 0.355 e. The Morgan fingerprint density at radius 1 is 0.537 bits per heavy atom. The van der Waals surface area contributed by atoms with Crippen molar-refractivity contribution in [3.63, 3.8) is 0 Å². The second kappa shape index (κ2) is 12.3. The summed E-state index contributed by atoms with van der Waals surface area (Å²) in [4.78, 5) is 25.7. The summed E-state index contributed by atoms with van der Waals surface area (Å²) in [7, 11) is 3.92. The molecule has 0 aliphatic carbocycles. The van der Waals surface area contributed by atoms with Crippen LogP contribution in [0.4, 0.5) is 34.1 Å². The molecule has 4 N–H and O–H groups in total. The molecular weight excluding hydrogens is 536 g/mol. The van der Waals surface area contributed by atoms with Crippen molar-refractivity contribution >= 4 is 57.5 Å². The first-order valence-corrected chi connectivity index (χ1v) is 13.3. The first-order chi connectivity index (χ1) is 19.8. The minimum atomic E-state index is -0.367. The Morgan fingerprint density at radius 2 is 0.927 bits per heavy atom. The summed E-state index contributed by atoms with van der Waals surface area (Å²) in [6, 6.07) is 27.3. The van der Waals surface area contributed by atoms with Crippen LogP contribution in [0.2, 0.25) is 5.02 Å². The predicted octanol–water partition coefficient (Wildman–Crippen LogP) is 5.98. The van der Waals surface area contributed by atoms with Gasteiger partial charge in [-0.05, 0) is 66.7 Å². The van der Waals surface area contributed by atoms with Crippen LogP contribution >= 0.6 is 11.6 Å². The fraction of sp³-hybridized carbons (Fsp3) is 0.0625. The van der Waals surface area contributed by atoms with Crippen molar-refractivity contribution in [2.75, 3.05) is 21.3 Å². The van der Waals surface area contributed by atoms with Crippen molar-refractivity contribution in [1.82, 2.24) is 0 Å². The second-order valence-electron chi connectivity index (χ2n) is 9.51. The predicted molar refractivity (Wildman–Crippen MR) is 162 cm³/mol. The van der Waals surface area contributed by atoms with E-state index in [2.05, 4.69) is 21.3 Å². The van der Waals surface area contributed by atoms with Crippen molar-refractivity contribution in [3.05, 3.63) is 132 Å². The number of rotatable bonds is 8. The highest BCUT2D eigenvalue weighted by Gasteiger charge is 2.15. The number of pyridine rings is 2. The van der Waals surface area contributed by atoms with E-state index in [1.54, 1.807) is 24.3 Å². The monoisotopic (exact) mass is 564 g/mol. The average Bonchev–Trinajstić information content (AvgIpc) is 2.97.